The summed E-state index contributed by atoms with van der Waals surface area (Å²) in [6.45, 7) is 4.98. The van der Waals surface area contributed by atoms with Crippen LogP contribution in [0, 0.1) is 11.6 Å². The van der Waals surface area contributed by atoms with Crippen LogP contribution in [0.5, 0.6) is 0 Å². The number of amides is 1. The number of hydrogen-bond donors (Lipinski definition) is 2. The highest BCUT2D eigenvalue weighted by molar-refractivity contribution is 5.85. The van der Waals surface area contributed by atoms with Crippen molar-refractivity contribution in [3.8, 4) is 0 Å². The average Bonchev–Trinajstić information content (AvgIpc) is 2.11. The Bertz CT molecular complexity index is 442. The molecule has 0 unspecified atom stereocenters. The second-order valence-corrected chi connectivity index (χ2v) is 4.48. The molecular weight excluding hydrogens is 230 g/mol. The first-order valence-electron chi connectivity index (χ1n) is 4.93. The van der Waals surface area contributed by atoms with E-state index >= 15 is 0 Å². The van der Waals surface area contributed by atoms with Gasteiger partial charge in [-0.05, 0) is 20.8 Å². The standard InChI is InChI=1S/C11H14F2N2O2/c1-11(2,3)17-10(16)15-9-5-6(12)8(14)4-7(9)13/h4-5H,14H2,1-3H3,(H,15,16). The Morgan fingerprint density at radius 3 is 2.41 bits per heavy atom. The fourth-order valence-corrected chi connectivity index (χ4v) is 1.07. The molecule has 0 saturated carbocycles. The van der Waals surface area contributed by atoms with Gasteiger partial charge in [-0.25, -0.2) is 13.6 Å². The summed E-state index contributed by atoms with van der Waals surface area (Å²) >= 11 is 0. The maximum atomic E-state index is 13.3. The Hall–Kier alpha value is -1.85. The summed E-state index contributed by atoms with van der Waals surface area (Å²) in [5, 5.41) is 2.10. The average molecular weight is 244 g/mol. The highest BCUT2D eigenvalue weighted by Gasteiger charge is 2.18. The molecular formula is C11H14F2N2O2. The Labute approximate surface area is 97.8 Å². The van der Waals surface area contributed by atoms with E-state index in [2.05, 4.69) is 5.32 Å². The van der Waals surface area contributed by atoms with Crippen LogP contribution in [0.1, 0.15) is 20.8 Å². The fourth-order valence-electron chi connectivity index (χ4n) is 1.07. The number of nitrogens with two attached hydrogens (primary N) is 1. The van der Waals surface area contributed by atoms with Gasteiger partial charge in [-0.1, -0.05) is 0 Å². The number of nitrogen functional groups attached to an aromatic ring is 1. The van der Waals surface area contributed by atoms with E-state index in [0.717, 1.165) is 12.1 Å². The summed E-state index contributed by atoms with van der Waals surface area (Å²) in [4.78, 5) is 11.3. The lowest BCUT2D eigenvalue weighted by Crippen LogP contribution is -2.27. The zero-order valence-corrected chi connectivity index (χ0v) is 9.80. The molecule has 0 aliphatic heterocycles. The van der Waals surface area contributed by atoms with Crippen molar-refractivity contribution in [3.63, 3.8) is 0 Å². The molecule has 0 saturated heterocycles. The third-order valence-corrected chi connectivity index (χ3v) is 1.72. The van der Waals surface area contributed by atoms with Crippen molar-refractivity contribution in [1.82, 2.24) is 0 Å². The molecule has 0 aliphatic carbocycles. The van der Waals surface area contributed by atoms with Gasteiger partial charge in [0.2, 0.25) is 0 Å². The van der Waals surface area contributed by atoms with Crippen LogP contribution in [0.3, 0.4) is 0 Å². The van der Waals surface area contributed by atoms with Crippen molar-refractivity contribution in [2.24, 2.45) is 0 Å². The summed E-state index contributed by atoms with van der Waals surface area (Å²) < 4.78 is 31.3. The van der Waals surface area contributed by atoms with Crippen LogP contribution in [0.15, 0.2) is 12.1 Å². The number of ether oxygens (including phenoxy) is 1. The lowest BCUT2D eigenvalue weighted by molar-refractivity contribution is 0.0635. The SMILES string of the molecule is CC(C)(C)OC(=O)Nc1cc(F)c(N)cc1F. The fraction of sp³-hybridized carbons (Fsp3) is 0.364. The molecule has 1 rings (SSSR count). The van der Waals surface area contributed by atoms with Crippen LogP contribution >= 0.6 is 0 Å². The minimum atomic E-state index is -0.861. The van der Waals surface area contributed by atoms with E-state index < -0.39 is 23.3 Å². The molecule has 1 aromatic rings. The van der Waals surface area contributed by atoms with Gasteiger partial charge >= 0.3 is 6.09 Å². The molecule has 94 valence electrons. The first kappa shape index (κ1) is 13.2. The quantitative estimate of drug-likeness (QED) is 0.746. The first-order valence-corrected chi connectivity index (χ1v) is 4.93. The Kier molecular flexibility index (Phi) is 3.55. The van der Waals surface area contributed by atoms with E-state index in [1.165, 1.54) is 0 Å². The Morgan fingerprint density at radius 2 is 1.88 bits per heavy atom. The zero-order valence-electron chi connectivity index (χ0n) is 9.80. The molecule has 0 radical (unpaired) electrons. The minimum Gasteiger partial charge on any atom is -0.444 e. The molecule has 17 heavy (non-hydrogen) atoms. The van der Waals surface area contributed by atoms with Crippen molar-refractivity contribution in [2.45, 2.75) is 26.4 Å². The number of carbonyl (C=O) groups is 1. The van der Waals surface area contributed by atoms with Gasteiger partial charge in [-0.3, -0.25) is 5.32 Å². The van der Waals surface area contributed by atoms with Gasteiger partial charge < -0.3 is 10.5 Å². The normalized spacial score (nSPS) is 11.1. The van der Waals surface area contributed by atoms with E-state index in [0.29, 0.717) is 0 Å². The summed E-state index contributed by atoms with van der Waals surface area (Å²) in [7, 11) is 0. The van der Waals surface area contributed by atoms with Crippen LogP contribution in [0.2, 0.25) is 0 Å². The summed E-state index contributed by atoms with van der Waals surface area (Å²) in [6, 6.07) is 1.59. The second-order valence-electron chi connectivity index (χ2n) is 4.48. The summed E-state index contributed by atoms with van der Waals surface area (Å²) in [5.74, 6) is -1.63. The molecule has 1 aromatic carbocycles. The number of nitrogens with one attached hydrogen (secondary N) is 1. The van der Waals surface area contributed by atoms with Crippen LogP contribution in [0.4, 0.5) is 25.0 Å². The molecule has 0 aromatic heterocycles. The molecule has 1 amide bonds. The third-order valence-electron chi connectivity index (χ3n) is 1.72. The maximum Gasteiger partial charge on any atom is 0.412 e. The number of benzene rings is 1. The topological polar surface area (TPSA) is 64.3 Å². The van der Waals surface area contributed by atoms with Gasteiger partial charge in [0.25, 0.3) is 0 Å². The number of hydrogen-bond acceptors (Lipinski definition) is 3. The lowest BCUT2D eigenvalue weighted by Gasteiger charge is -2.19. The first-order chi connectivity index (χ1) is 7.69. The van der Waals surface area contributed by atoms with E-state index in [1.807, 2.05) is 0 Å². The van der Waals surface area contributed by atoms with Crippen molar-refractivity contribution < 1.29 is 18.3 Å². The number of carbonyl (C=O) groups excluding carboxylic acids is 1. The zero-order chi connectivity index (χ0) is 13.2. The lowest BCUT2D eigenvalue weighted by atomic mass is 10.2. The van der Waals surface area contributed by atoms with Crippen LogP contribution in [-0.2, 0) is 4.74 Å². The minimum absolute atomic E-state index is 0.314. The summed E-state index contributed by atoms with van der Waals surface area (Å²) in [6.07, 6.45) is -0.861. The number of rotatable bonds is 1. The van der Waals surface area contributed by atoms with E-state index in [-0.39, 0.29) is 11.4 Å². The summed E-state index contributed by atoms with van der Waals surface area (Å²) in [5.41, 5.74) is 3.81. The molecule has 6 heteroatoms. The molecule has 0 heterocycles. The van der Waals surface area contributed by atoms with Crippen LogP contribution < -0.4 is 11.1 Å². The van der Waals surface area contributed by atoms with Gasteiger partial charge in [-0.2, -0.15) is 0 Å². The third kappa shape index (κ3) is 3.90. The van der Waals surface area contributed by atoms with Crippen molar-refractivity contribution in [3.05, 3.63) is 23.8 Å². The molecule has 0 spiro atoms. The molecule has 0 aliphatic rings. The van der Waals surface area contributed by atoms with Gasteiger partial charge in [-0.15, -0.1) is 0 Å². The van der Waals surface area contributed by atoms with E-state index in [1.54, 1.807) is 20.8 Å². The van der Waals surface area contributed by atoms with Crippen molar-refractivity contribution in [2.75, 3.05) is 11.1 Å². The van der Waals surface area contributed by atoms with Gasteiger partial charge in [0.15, 0.2) is 0 Å². The molecule has 4 nitrogen and oxygen atoms in total. The predicted octanol–water partition coefficient (Wildman–Crippen LogP) is 2.89. The Morgan fingerprint density at radius 1 is 1.29 bits per heavy atom. The molecule has 0 fully saturated rings. The smallest absolute Gasteiger partial charge is 0.412 e. The molecule has 3 N–H and O–H groups in total. The van der Waals surface area contributed by atoms with Crippen LogP contribution in [-0.4, -0.2) is 11.7 Å². The molecule has 0 bridgehead atoms. The second kappa shape index (κ2) is 4.57. The largest absolute Gasteiger partial charge is 0.444 e. The number of anilines is 2. The van der Waals surface area contributed by atoms with E-state index in [9.17, 15) is 13.6 Å². The molecule has 0 atom stereocenters. The maximum absolute atomic E-state index is 13.3. The Balaban J connectivity index is 2.82. The van der Waals surface area contributed by atoms with Gasteiger partial charge in [0.05, 0.1) is 11.4 Å². The van der Waals surface area contributed by atoms with E-state index in [4.69, 9.17) is 10.5 Å². The highest BCUT2D eigenvalue weighted by atomic mass is 19.1. The van der Waals surface area contributed by atoms with Crippen molar-refractivity contribution >= 4 is 17.5 Å². The number of halogens is 2. The monoisotopic (exact) mass is 244 g/mol. The van der Waals surface area contributed by atoms with Gasteiger partial charge in [0, 0.05) is 12.1 Å². The van der Waals surface area contributed by atoms with Crippen LogP contribution in [0.25, 0.3) is 0 Å². The van der Waals surface area contributed by atoms with Crippen molar-refractivity contribution in [1.29, 1.82) is 0 Å². The highest BCUT2D eigenvalue weighted by Crippen LogP contribution is 2.21. The van der Waals surface area contributed by atoms with Gasteiger partial charge in [0.1, 0.15) is 17.2 Å². The predicted molar refractivity (Wildman–Crippen MR) is 60.6 cm³/mol.